The van der Waals surface area contributed by atoms with Crippen molar-refractivity contribution in [3.05, 3.63) is 54.1 Å². The van der Waals surface area contributed by atoms with Crippen molar-refractivity contribution in [3.8, 4) is 0 Å². The molecule has 1 N–H and O–H groups in total. The zero-order valence-corrected chi connectivity index (χ0v) is 27.2. The van der Waals surface area contributed by atoms with Crippen molar-refractivity contribution in [2.45, 2.75) is 81.9 Å². The number of nitrogens with zero attached hydrogens (tertiary/aromatic N) is 3. The van der Waals surface area contributed by atoms with Crippen LogP contribution in [0.1, 0.15) is 58.9 Å². The lowest BCUT2D eigenvalue weighted by atomic mass is 9.66. The van der Waals surface area contributed by atoms with Crippen LogP contribution in [0.2, 0.25) is 5.02 Å². The summed E-state index contributed by atoms with van der Waals surface area (Å²) in [5, 5.41) is 11.1. The monoisotopic (exact) mass is 615 g/mol. The molecule has 230 valence electrons. The predicted octanol–water partition coefficient (Wildman–Crippen LogP) is 5.48. The number of thioether (sulfide) groups is 1. The van der Waals surface area contributed by atoms with Crippen molar-refractivity contribution < 1.29 is 19.5 Å². The van der Waals surface area contributed by atoms with Gasteiger partial charge in [-0.2, -0.15) is 0 Å². The van der Waals surface area contributed by atoms with Crippen molar-refractivity contribution in [3.63, 3.8) is 0 Å². The quantitative estimate of drug-likeness (QED) is 0.297. The molecule has 0 aromatic heterocycles. The highest BCUT2D eigenvalue weighted by molar-refractivity contribution is 8.02. The molecular formula is C33H46ClN3O4S. The van der Waals surface area contributed by atoms with Gasteiger partial charge in [0.1, 0.15) is 6.04 Å². The summed E-state index contributed by atoms with van der Waals surface area (Å²) in [5.41, 5.74) is 1.43. The van der Waals surface area contributed by atoms with Crippen LogP contribution in [0.3, 0.4) is 0 Å². The Morgan fingerprint density at radius 1 is 1.21 bits per heavy atom. The Morgan fingerprint density at radius 3 is 2.48 bits per heavy atom. The van der Waals surface area contributed by atoms with Crippen molar-refractivity contribution in [2.75, 3.05) is 31.1 Å². The first-order valence-corrected chi connectivity index (χ1v) is 16.3. The number of carbonyl (C=O) groups excluding carboxylic acids is 3. The molecule has 7 nitrogen and oxygen atoms in total. The van der Waals surface area contributed by atoms with Gasteiger partial charge in [0, 0.05) is 24.4 Å². The molecule has 1 spiro atoms. The van der Waals surface area contributed by atoms with Crippen LogP contribution < -0.4 is 4.90 Å². The number of rotatable bonds is 13. The Morgan fingerprint density at radius 2 is 1.90 bits per heavy atom. The molecule has 3 fully saturated rings. The molecule has 42 heavy (non-hydrogen) atoms. The lowest BCUT2D eigenvalue weighted by Gasteiger charge is -2.40. The number of aliphatic hydroxyl groups excluding tert-OH is 1. The first-order valence-electron chi connectivity index (χ1n) is 15.1. The molecule has 3 heterocycles. The largest absolute Gasteiger partial charge is 0.394 e. The Bertz CT molecular complexity index is 1220. The zero-order valence-electron chi connectivity index (χ0n) is 25.6. The topological polar surface area (TPSA) is 81.2 Å². The standard InChI is InChI=1S/C33H46ClN3O4S/c1-8-16-35(17-9-2)29(39)25-26-30(40)37(23(20-38)19-21(4)5)28(33(26)15-14-32(25,7)42-33)31(41)36(18-10-3)27-22(6)12-11-13-24(27)34/h8,10-13,21,23,25-26,28,38H,1,3,9,14-20H2,2,4-7H3/t23-,25-,26+,28?,32+,33?/m1/s1. The molecule has 3 saturated heterocycles. The summed E-state index contributed by atoms with van der Waals surface area (Å²) in [5.74, 6) is -1.54. The summed E-state index contributed by atoms with van der Waals surface area (Å²) in [6.07, 6.45) is 6.09. The van der Waals surface area contributed by atoms with Gasteiger partial charge in [0.25, 0.3) is 5.91 Å². The van der Waals surface area contributed by atoms with Crippen LogP contribution in [0.15, 0.2) is 43.5 Å². The van der Waals surface area contributed by atoms with Crippen LogP contribution in [0.25, 0.3) is 0 Å². The fourth-order valence-corrected chi connectivity index (χ4v) is 10.3. The summed E-state index contributed by atoms with van der Waals surface area (Å²) in [6.45, 7) is 18.8. The fraction of sp³-hybridized carbons (Fsp3) is 0.606. The molecular weight excluding hydrogens is 570 g/mol. The molecule has 4 rings (SSSR count). The second kappa shape index (κ2) is 12.7. The van der Waals surface area contributed by atoms with Crippen LogP contribution in [0.4, 0.5) is 5.69 Å². The predicted molar refractivity (Wildman–Crippen MR) is 172 cm³/mol. The van der Waals surface area contributed by atoms with Gasteiger partial charge in [-0.05, 0) is 57.1 Å². The summed E-state index contributed by atoms with van der Waals surface area (Å²) >= 11 is 8.34. The number of hydrogen-bond acceptors (Lipinski definition) is 5. The minimum absolute atomic E-state index is 0.0472. The Balaban J connectivity index is 1.89. The second-order valence-corrected chi connectivity index (χ2v) is 15.0. The molecule has 2 unspecified atom stereocenters. The summed E-state index contributed by atoms with van der Waals surface area (Å²) in [6, 6.07) is 4.11. The summed E-state index contributed by atoms with van der Waals surface area (Å²) < 4.78 is -1.28. The van der Waals surface area contributed by atoms with Crippen LogP contribution in [0, 0.1) is 24.7 Å². The number of aryl methyl sites for hydroxylation is 1. The first kappa shape index (κ1) is 32.6. The average Bonchev–Trinajstić information content (AvgIpc) is 3.50. The number of fused-ring (bicyclic) bond motifs is 1. The van der Waals surface area contributed by atoms with E-state index in [-0.39, 0.29) is 36.8 Å². The van der Waals surface area contributed by atoms with E-state index in [1.165, 1.54) is 0 Å². The van der Waals surface area contributed by atoms with Gasteiger partial charge in [-0.1, -0.05) is 56.7 Å². The van der Waals surface area contributed by atoms with Gasteiger partial charge in [0.2, 0.25) is 11.8 Å². The number of aliphatic hydroxyl groups is 1. The number of para-hydroxylation sites is 1. The Labute approximate surface area is 260 Å². The number of anilines is 1. The van der Waals surface area contributed by atoms with E-state index in [0.29, 0.717) is 36.6 Å². The van der Waals surface area contributed by atoms with Crippen molar-refractivity contribution in [1.82, 2.24) is 9.80 Å². The highest BCUT2D eigenvalue weighted by Gasteiger charge is 2.78. The van der Waals surface area contributed by atoms with Gasteiger partial charge in [-0.15, -0.1) is 24.9 Å². The van der Waals surface area contributed by atoms with E-state index in [1.54, 1.807) is 44.7 Å². The minimum atomic E-state index is -0.856. The van der Waals surface area contributed by atoms with Gasteiger partial charge in [-0.3, -0.25) is 14.4 Å². The maximum atomic E-state index is 15.0. The molecule has 3 aliphatic heterocycles. The number of carbonyl (C=O) groups is 3. The van der Waals surface area contributed by atoms with Crippen LogP contribution in [-0.4, -0.2) is 80.4 Å². The van der Waals surface area contributed by atoms with Gasteiger partial charge >= 0.3 is 0 Å². The normalized spacial score (nSPS) is 28.6. The smallest absolute Gasteiger partial charge is 0.251 e. The van der Waals surface area contributed by atoms with E-state index >= 15 is 0 Å². The van der Waals surface area contributed by atoms with Gasteiger partial charge in [0.05, 0.1) is 39.9 Å². The third kappa shape index (κ3) is 5.32. The lowest BCUT2D eigenvalue weighted by molar-refractivity contribution is -0.146. The maximum absolute atomic E-state index is 15.0. The molecule has 1 aromatic carbocycles. The summed E-state index contributed by atoms with van der Waals surface area (Å²) in [7, 11) is 0. The minimum Gasteiger partial charge on any atom is -0.394 e. The third-order valence-corrected chi connectivity index (χ3v) is 11.5. The van der Waals surface area contributed by atoms with E-state index < -0.39 is 33.4 Å². The first-order chi connectivity index (χ1) is 19.9. The van der Waals surface area contributed by atoms with Crippen molar-refractivity contribution >= 4 is 46.8 Å². The molecule has 0 aliphatic carbocycles. The molecule has 3 aliphatic rings. The number of likely N-dealkylation sites (tertiary alicyclic amines) is 1. The second-order valence-electron chi connectivity index (χ2n) is 12.7. The molecule has 2 bridgehead atoms. The highest BCUT2D eigenvalue weighted by atomic mass is 35.5. The molecule has 3 amide bonds. The number of amides is 3. The van der Waals surface area contributed by atoms with E-state index in [4.69, 9.17) is 11.6 Å². The van der Waals surface area contributed by atoms with Crippen LogP contribution in [-0.2, 0) is 14.4 Å². The van der Waals surface area contributed by atoms with E-state index in [1.807, 2.05) is 39.8 Å². The molecule has 1 aromatic rings. The molecule has 0 saturated carbocycles. The van der Waals surface area contributed by atoms with E-state index in [0.717, 1.165) is 18.4 Å². The number of hydrogen-bond donors (Lipinski definition) is 1. The summed E-state index contributed by atoms with van der Waals surface area (Å²) in [4.78, 5) is 49.1. The van der Waals surface area contributed by atoms with Crippen molar-refractivity contribution in [1.29, 1.82) is 0 Å². The molecule has 9 heteroatoms. The molecule has 0 radical (unpaired) electrons. The van der Waals surface area contributed by atoms with E-state index in [9.17, 15) is 19.5 Å². The van der Waals surface area contributed by atoms with Gasteiger partial charge in [0.15, 0.2) is 0 Å². The number of halogens is 1. The van der Waals surface area contributed by atoms with Crippen LogP contribution >= 0.6 is 23.4 Å². The highest BCUT2D eigenvalue weighted by Crippen LogP contribution is 2.72. The van der Waals surface area contributed by atoms with Crippen LogP contribution in [0.5, 0.6) is 0 Å². The Hall–Kier alpha value is -2.29. The van der Waals surface area contributed by atoms with E-state index in [2.05, 4.69) is 20.1 Å². The van der Waals surface area contributed by atoms with Gasteiger partial charge < -0.3 is 19.8 Å². The SMILES string of the molecule is C=CCN(CCC)C(=O)[C@H]1[C@H]2C(=O)N([C@@H](CO)CC(C)C)C(C(=O)N(CC=C)c3c(C)cccc3Cl)C23CC[C@]1(C)S3. The zero-order chi connectivity index (χ0) is 31.0. The molecule has 6 atom stereocenters. The van der Waals surface area contributed by atoms with Crippen molar-refractivity contribution in [2.24, 2.45) is 17.8 Å². The maximum Gasteiger partial charge on any atom is 0.251 e. The average molecular weight is 616 g/mol. The Kier molecular flexibility index (Phi) is 9.90. The lowest BCUT2D eigenvalue weighted by Crippen LogP contribution is -2.58. The fourth-order valence-electron chi connectivity index (χ4n) is 7.68. The number of benzene rings is 1. The van der Waals surface area contributed by atoms with Gasteiger partial charge in [-0.25, -0.2) is 0 Å². The third-order valence-electron chi connectivity index (χ3n) is 9.25.